The SMILES string of the molecule is C=CC(=O)NCCCCCC(=O)N(C)[C@H](C(=O)N[C@H](C(=O)N(C)[C@@H]([C@@H](C)CC)[C@@H](CC(O)N1CCC[C@H]1[C@H](OC)[C@@H](C)C(=O)N[C@@H](Cc1ccccc1)C(=O)O)OC)C(C)C)C(C)C. The van der Waals surface area contributed by atoms with Crippen molar-refractivity contribution >= 4 is 35.5 Å². The van der Waals surface area contributed by atoms with Gasteiger partial charge < -0.3 is 45.4 Å². The van der Waals surface area contributed by atoms with Crippen LogP contribution in [0, 0.1) is 23.7 Å². The van der Waals surface area contributed by atoms with Crippen LogP contribution < -0.4 is 16.0 Å². The Hall–Kier alpha value is -4.38. The third-order valence-corrected chi connectivity index (χ3v) is 12.8. The molecule has 1 heterocycles. The van der Waals surface area contributed by atoms with Crippen molar-refractivity contribution in [1.29, 1.82) is 0 Å². The number of aliphatic carboxylic acids is 1. The summed E-state index contributed by atoms with van der Waals surface area (Å²) in [7, 11) is 6.36. The molecule has 1 aliphatic heterocycles. The molecule has 0 bridgehead atoms. The van der Waals surface area contributed by atoms with Crippen molar-refractivity contribution in [2.75, 3.05) is 41.4 Å². The van der Waals surface area contributed by atoms with Crippen LogP contribution in [0.4, 0.5) is 0 Å². The van der Waals surface area contributed by atoms with Gasteiger partial charge in [-0.25, -0.2) is 4.79 Å². The number of carboxylic acids is 1. The van der Waals surface area contributed by atoms with Crippen molar-refractivity contribution in [2.45, 2.75) is 155 Å². The molecule has 0 saturated carbocycles. The standard InChI is InChI=1S/C48H80N6O10/c1-13-32(7)43(53(10)47(60)41(30(3)4)51-46(59)42(31(5)6)52(9)39(56)25-19-16-20-26-49-38(55)14-2)37(63-11)29-40(57)54-27-21-24-36(54)44(64-12)33(8)45(58)50-35(48(61)62)28-34-22-17-15-18-23-34/h14-15,17-18,22-23,30-33,35-37,40-44,57H,2,13,16,19-21,24-29H2,1,3-12H3,(H,49,55)(H,50,58)(H,51,59)(H,61,62)/t32-,33+,35-,36-,37+,40?,41-,42-,43-,44+/m0/s1. The molecule has 1 aromatic carbocycles. The number of hydrogen-bond donors (Lipinski definition) is 5. The number of aliphatic hydroxyl groups is 1. The highest BCUT2D eigenvalue weighted by Crippen LogP contribution is 2.31. The van der Waals surface area contributed by atoms with Gasteiger partial charge in [0.2, 0.25) is 29.5 Å². The number of likely N-dealkylation sites (tertiary alicyclic amines) is 1. The summed E-state index contributed by atoms with van der Waals surface area (Å²) in [4.78, 5) is 84.0. The molecule has 0 spiro atoms. The summed E-state index contributed by atoms with van der Waals surface area (Å²) < 4.78 is 12.0. The van der Waals surface area contributed by atoms with E-state index in [1.165, 1.54) is 18.1 Å². The molecule has 1 aliphatic rings. The Morgan fingerprint density at radius 2 is 1.56 bits per heavy atom. The monoisotopic (exact) mass is 901 g/mol. The van der Waals surface area contributed by atoms with Gasteiger partial charge in [0.25, 0.3) is 0 Å². The fourth-order valence-corrected chi connectivity index (χ4v) is 8.93. The zero-order valence-corrected chi connectivity index (χ0v) is 40.4. The number of nitrogens with zero attached hydrogens (tertiary/aromatic N) is 3. The van der Waals surface area contributed by atoms with E-state index < -0.39 is 66.3 Å². The van der Waals surface area contributed by atoms with Gasteiger partial charge in [0.05, 0.1) is 24.2 Å². The van der Waals surface area contributed by atoms with Gasteiger partial charge in [-0.05, 0) is 55.1 Å². The van der Waals surface area contributed by atoms with Crippen molar-refractivity contribution in [3.05, 3.63) is 48.6 Å². The minimum atomic E-state index is -1.14. The van der Waals surface area contributed by atoms with E-state index in [0.29, 0.717) is 38.8 Å². The number of nitrogens with one attached hydrogen (secondary N) is 3. The van der Waals surface area contributed by atoms with Crippen LogP contribution in [-0.4, -0.2) is 150 Å². The van der Waals surface area contributed by atoms with Crippen LogP contribution in [0.15, 0.2) is 43.0 Å². The number of rotatable bonds is 29. The van der Waals surface area contributed by atoms with Gasteiger partial charge in [0.1, 0.15) is 24.4 Å². The molecule has 16 heteroatoms. The van der Waals surface area contributed by atoms with Crippen molar-refractivity contribution in [1.82, 2.24) is 30.7 Å². The summed E-state index contributed by atoms with van der Waals surface area (Å²) in [6.45, 7) is 17.6. The fraction of sp³-hybridized carbons (Fsp3) is 0.708. The number of benzene rings is 1. The zero-order chi connectivity index (χ0) is 48.3. The normalized spacial score (nSPS) is 18.4. The van der Waals surface area contributed by atoms with Crippen molar-refractivity contribution in [2.24, 2.45) is 23.7 Å². The Bertz CT molecular complexity index is 1650. The van der Waals surface area contributed by atoms with Gasteiger partial charge in [0, 0.05) is 66.7 Å². The van der Waals surface area contributed by atoms with Gasteiger partial charge in [-0.2, -0.15) is 0 Å². The lowest BCUT2D eigenvalue weighted by atomic mass is 9.89. The number of amides is 5. The third kappa shape index (κ3) is 16.2. The summed E-state index contributed by atoms with van der Waals surface area (Å²) in [6, 6.07) is 5.33. The molecule has 2 rings (SSSR count). The lowest BCUT2D eigenvalue weighted by molar-refractivity contribution is -0.148. The molecule has 10 atom stereocenters. The van der Waals surface area contributed by atoms with E-state index in [2.05, 4.69) is 22.5 Å². The van der Waals surface area contributed by atoms with Crippen molar-refractivity contribution < 1.29 is 48.5 Å². The number of carboxylic acid groups (broad SMARTS) is 1. The topological polar surface area (TPSA) is 207 Å². The lowest BCUT2D eigenvalue weighted by Crippen LogP contribution is -2.60. The second-order valence-corrected chi connectivity index (χ2v) is 18.1. The molecular weight excluding hydrogens is 821 g/mol. The Morgan fingerprint density at radius 1 is 0.906 bits per heavy atom. The van der Waals surface area contributed by atoms with Crippen molar-refractivity contribution in [3.63, 3.8) is 0 Å². The molecule has 0 aliphatic carbocycles. The Labute approximate surface area is 382 Å². The quantitative estimate of drug-likeness (QED) is 0.0574. The molecule has 1 aromatic rings. The fourth-order valence-electron chi connectivity index (χ4n) is 8.93. The van der Waals surface area contributed by atoms with E-state index in [0.717, 1.165) is 18.4 Å². The largest absolute Gasteiger partial charge is 0.480 e. The number of aliphatic hydroxyl groups excluding tert-OH is 1. The number of carbonyl (C=O) groups is 6. The molecule has 0 radical (unpaired) electrons. The average molecular weight is 901 g/mol. The Kier molecular flexibility index (Phi) is 24.2. The minimum absolute atomic E-state index is 0.0806. The summed E-state index contributed by atoms with van der Waals surface area (Å²) in [5.41, 5.74) is 0.779. The number of carbonyl (C=O) groups excluding carboxylic acids is 5. The second-order valence-electron chi connectivity index (χ2n) is 18.1. The second kappa shape index (κ2) is 27.8. The molecular formula is C48H80N6O10. The molecule has 1 fully saturated rings. The summed E-state index contributed by atoms with van der Waals surface area (Å²) >= 11 is 0. The highest BCUT2D eigenvalue weighted by molar-refractivity contribution is 5.92. The molecule has 5 N–H and O–H groups in total. The van der Waals surface area contributed by atoms with E-state index in [1.54, 1.807) is 33.0 Å². The van der Waals surface area contributed by atoms with E-state index in [-0.39, 0.29) is 60.8 Å². The van der Waals surface area contributed by atoms with E-state index in [1.807, 2.05) is 76.8 Å². The van der Waals surface area contributed by atoms with E-state index in [9.17, 15) is 39.0 Å². The van der Waals surface area contributed by atoms with Gasteiger partial charge in [0.15, 0.2) is 0 Å². The molecule has 64 heavy (non-hydrogen) atoms. The van der Waals surface area contributed by atoms with Crippen LogP contribution in [0.25, 0.3) is 0 Å². The van der Waals surface area contributed by atoms with Crippen LogP contribution >= 0.6 is 0 Å². The highest BCUT2D eigenvalue weighted by Gasteiger charge is 2.44. The van der Waals surface area contributed by atoms with Crippen LogP contribution in [0.3, 0.4) is 0 Å². The first-order valence-corrected chi connectivity index (χ1v) is 23.0. The third-order valence-electron chi connectivity index (χ3n) is 12.8. The predicted molar refractivity (Wildman–Crippen MR) is 247 cm³/mol. The molecule has 1 unspecified atom stereocenters. The van der Waals surface area contributed by atoms with Gasteiger partial charge in [-0.1, -0.05) is 98.2 Å². The van der Waals surface area contributed by atoms with Crippen LogP contribution in [0.1, 0.15) is 105 Å². The van der Waals surface area contributed by atoms with Crippen LogP contribution in [0.5, 0.6) is 0 Å². The first kappa shape index (κ1) is 55.8. The Balaban J connectivity index is 2.22. The minimum Gasteiger partial charge on any atom is -0.480 e. The Morgan fingerprint density at radius 3 is 2.11 bits per heavy atom. The maximum absolute atomic E-state index is 14.5. The summed E-state index contributed by atoms with van der Waals surface area (Å²) in [6.07, 6.45) is 3.44. The highest BCUT2D eigenvalue weighted by atomic mass is 16.5. The number of unbranched alkanes of at least 4 members (excludes halogenated alkanes) is 2. The first-order valence-electron chi connectivity index (χ1n) is 23.0. The van der Waals surface area contributed by atoms with E-state index >= 15 is 0 Å². The molecule has 1 saturated heterocycles. The molecule has 362 valence electrons. The van der Waals surface area contributed by atoms with Crippen LogP contribution in [-0.2, 0) is 44.7 Å². The van der Waals surface area contributed by atoms with Gasteiger partial charge in [-0.3, -0.25) is 28.9 Å². The average Bonchev–Trinajstić information content (AvgIpc) is 3.75. The zero-order valence-electron chi connectivity index (χ0n) is 40.4. The lowest BCUT2D eigenvalue weighted by Gasteiger charge is -2.42. The number of likely N-dealkylation sites (N-methyl/N-ethyl adjacent to an activating group) is 2. The predicted octanol–water partition coefficient (Wildman–Crippen LogP) is 4.00. The maximum Gasteiger partial charge on any atom is 0.326 e. The number of hydrogen-bond acceptors (Lipinski definition) is 10. The van der Waals surface area contributed by atoms with Crippen molar-refractivity contribution in [3.8, 4) is 0 Å². The molecule has 16 nitrogen and oxygen atoms in total. The summed E-state index contributed by atoms with van der Waals surface area (Å²) in [5.74, 6) is -4.18. The number of methoxy groups -OCH3 is 2. The van der Waals surface area contributed by atoms with Gasteiger partial charge in [-0.15, -0.1) is 0 Å². The first-order chi connectivity index (χ1) is 30.2. The smallest absolute Gasteiger partial charge is 0.326 e. The van der Waals surface area contributed by atoms with Gasteiger partial charge >= 0.3 is 5.97 Å². The number of ether oxygens (including phenoxy) is 2. The maximum atomic E-state index is 14.5. The molecule has 5 amide bonds. The summed E-state index contributed by atoms with van der Waals surface area (Å²) in [5, 5.41) is 30.3. The van der Waals surface area contributed by atoms with E-state index in [4.69, 9.17) is 9.47 Å². The van der Waals surface area contributed by atoms with Crippen LogP contribution in [0.2, 0.25) is 0 Å². The molecule has 0 aromatic heterocycles.